The van der Waals surface area contributed by atoms with Gasteiger partial charge in [-0.2, -0.15) is 0 Å². The maximum Gasteiger partial charge on any atom is 0.293 e. The Bertz CT molecular complexity index is 598. The molecule has 0 N–H and O–H groups in total. The second kappa shape index (κ2) is 3.76. The van der Waals surface area contributed by atoms with Gasteiger partial charge in [0.05, 0.1) is 5.56 Å². The number of Topliss-reactive ketones (excluding diaryl/α,β-unsaturated/α-hetero) is 1. The van der Waals surface area contributed by atoms with Crippen molar-refractivity contribution in [2.75, 3.05) is 0 Å². The van der Waals surface area contributed by atoms with Crippen LogP contribution in [-0.4, -0.2) is 15.6 Å². The average Bonchev–Trinajstić information content (AvgIpc) is 2.54. The van der Waals surface area contributed by atoms with E-state index in [1.807, 2.05) is 36.7 Å². The molecule has 4 heteroatoms. The van der Waals surface area contributed by atoms with Crippen LogP contribution in [0, 0.1) is 6.92 Å². The average molecular weight is 236 g/mol. The second-order valence-corrected chi connectivity index (χ2v) is 4.12. The van der Waals surface area contributed by atoms with Gasteiger partial charge in [0.2, 0.25) is 5.78 Å². The van der Waals surface area contributed by atoms with E-state index >= 15 is 0 Å². The molecule has 0 unspecified atom stereocenters. The van der Waals surface area contributed by atoms with Gasteiger partial charge in [-0.05, 0) is 30.7 Å². The van der Waals surface area contributed by atoms with E-state index in [2.05, 4.69) is 0 Å². The van der Waals surface area contributed by atoms with E-state index in [1.165, 1.54) is 0 Å². The van der Waals surface area contributed by atoms with Gasteiger partial charge in [-0.1, -0.05) is 11.6 Å². The molecule has 0 aliphatic heterocycles. The van der Waals surface area contributed by atoms with Gasteiger partial charge in [-0.3, -0.25) is 9.59 Å². The number of ketones is 1. The lowest BCUT2D eigenvalue weighted by Crippen LogP contribution is -2.06. The number of carbonyl (C=O) groups excluding carboxylic acids is 2. The van der Waals surface area contributed by atoms with Crippen molar-refractivity contribution in [3.05, 3.63) is 35.5 Å². The van der Waals surface area contributed by atoms with Crippen LogP contribution in [0.3, 0.4) is 0 Å². The third kappa shape index (κ3) is 1.63. The monoisotopic (exact) mass is 235 g/mol. The van der Waals surface area contributed by atoms with E-state index in [-0.39, 0.29) is 0 Å². The normalized spacial score (nSPS) is 10.7. The number of aromatic nitrogens is 1. The van der Waals surface area contributed by atoms with E-state index in [4.69, 9.17) is 11.6 Å². The van der Waals surface area contributed by atoms with Gasteiger partial charge in [0, 0.05) is 24.1 Å². The predicted molar refractivity (Wildman–Crippen MR) is 62.8 cm³/mol. The molecule has 2 rings (SSSR count). The molecule has 16 heavy (non-hydrogen) atoms. The number of rotatable bonds is 2. The molecule has 2 aromatic rings. The van der Waals surface area contributed by atoms with Gasteiger partial charge in [-0.15, -0.1) is 0 Å². The zero-order chi connectivity index (χ0) is 11.9. The number of aryl methyl sites for hydroxylation is 2. The highest BCUT2D eigenvalue weighted by atomic mass is 35.5. The standard InChI is InChI=1S/C12H10ClNO2/c1-7-3-4-10-8(5-7)9(6-14(10)2)11(15)12(13)16/h3-6H,1-2H3. The SMILES string of the molecule is Cc1ccc2c(c1)c(C(=O)C(=O)Cl)cn2C. The summed E-state index contributed by atoms with van der Waals surface area (Å²) in [6, 6.07) is 5.75. The highest BCUT2D eigenvalue weighted by Crippen LogP contribution is 2.22. The molecule has 0 aliphatic rings. The van der Waals surface area contributed by atoms with Crippen LogP contribution >= 0.6 is 11.6 Å². The summed E-state index contributed by atoms with van der Waals surface area (Å²) in [5.74, 6) is -0.655. The lowest BCUT2D eigenvalue weighted by atomic mass is 10.1. The van der Waals surface area contributed by atoms with E-state index in [0.717, 1.165) is 16.5 Å². The van der Waals surface area contributed by atoms with Crippen LogP contribution in [0.4, 0.5) is 0 Å². The molecule has 1 aromatic carbocycles. The van der Waals surface area contributed by atoms with Gasteiger partial charge in [0.25, 0.3) is 5.24 Å². The third-order valence-electron chi connectivity index (χ3n) is 2.57. The summed E-state index contributed by atoms with van der Waals surface area (Å²) in [5, 5.41) is -0.185. The fourth-order valence-corrected chi connectivity index (χ4v) is 1.89. The highest BCUT2D eigenvalue weighted by molar-refractivity contribution is 6.83. The highest BCUT2D eigenvalue weighted by Gasteiger charge is 2.18. The van der Waals surface area contributed by atoms with Crippen LogP contribution in [0.15, 0.2) is 24.4 Å². The van der Waals surface area contributed by atoms with Gasteiger partial charge in [0.1, 0.15) is 0 Å². The summed E-state index contributed by atoms with van der Waals surface area (Å²) in [7, 11) is 1.83. The minimum absolute atomic E-state index is 0.362. The van der Waals surface area contributed by atoms with E-state index in [9.17, 15) is 9.59 Å². The van der Waals surface area contributed by atoms with Crippen LogP contribution in [0.1, 0.15) is 15.9 Å². The molecule has 0 saturated carbocycles. The first kappa shape index (κ1) is 10.9. The van der Waals surface area contributed by atoms with Crippen LogP contribution < -0.4 is 0 Å². The molecule has 0 aliphatic carbocycles. The molecule has 0 bridgehead atoms. The lowest BCUT2D eigenvalue weighted by molar-refractivity contribution is -0.108. The molecule has 1 heterocycles. The Morgan fingerprint density at radius 1 is 1.31 bits per heavy atom. The maximum absolute atomic E-state index is 11.6. The molecule has 82 valence electrons. The quantitative estimate of drug-likeness (QED) is 0.456. The Labute approximate surface area is 97.6 Å². The summed E-state index contributed by atoms with van der Waals surface area (Å²) in [4.78, 5) is 22.5. The van der Waals surface area contributed by atoms with Crippen molar-refractivity contribution in [2.24, 2.45) is 7.05 Å². The maximum atomic E-state index is 11.6. The number of carbonyl (C=O) groups is 2. The Kier molecular flexibility index (Phi) is 2.56. The van der Waals surface area contributed by atoms with E-state index in [0.29, 0.717) is 5.56 Å². The number of benzene rings is 1. The van der Waals surface area contributed by atoms with Crippen molar-refractivity contribution in [2.45, 2.75) is 6.92 Å². The van der Waals surface area contributed by atoms with Crippen LogP contribution in [0.5, 0.6) is 0 Å². The van der Waals surface area contributed by atoms with Gasteiger partial charge in [0.15, 0.2) is 0 Å². The Morgan fingerprint density at radius 3 is 2.62 bits per heavy atom. The molecule has 3 nitrogen and oxygen atoms in total. The van der Waals surface area contributed by atoms with Gasteiger partial charge >= 0.3 is 0 Å². The largest absolute Gasteiger partial charge is 0.350 e. The first-order valence-electron chi connectivity index (χ1n) is 4.80. The molecular formula is C12H10ClNO2. The summed E-state index contributed by atoms with van der Waals surface area (Å²) in [5.41, 5.74) is 2.31. The molecule has 0 fully saturated rings. The Morgan fingerprint density at radius 2 is 2.00 bits per heavy atom. The van der Waals surface area contributed by atoms with Crippen molar-refractivity contribution < 1.29 is 9.59 Å². The lowest BCUT2D eigenvalue weighted by Gasteiger charge is -1.97. The zero-order valence-corrected chi connectivity index (χ0v) is 9.71. The number of hydrogen-bond donors (Lipinski definition) is 0. The molecule has 1 aromatic heterocycles. The minimum atomic E-state index is -0.950. The number of nitrogens with zero attached hydrogens (tertiary/aromatic N) is 1. The Balaban J connectivity index is 2.75. The fourth-order valence-electron chi connectivity index (χ4n) is 1.79. The topological polar surface area (TPSA) is 39.1 Å². The van der Waals surface area contributed by atoms with E-state index < -0.39 is 11.0 Å². The van der Waals surface area contributed by atoms with Crippen LogP contribution in [-0.2, 0) is 11.8 Å². The summed E-state index contributed by atoms with van der Waals surface area (Å²) in [6.45, 7) is 1.93. The summed E-state index contributed by atoms with van der Waals surface area (Å²) < 4.78 is 1.81. The van der Waals surface area contributed by atoms with Gasteiger partial charge < -0.3 is 4.57 Å². The second-order valence-electron chi connectivity index (χ2n) is 3.78. The summed E-state index contributed by atoms with van der Waals surface area (Å²) >= 11 is 5.21. The van der Waals surface area contributed by atoms with Crippen molar-refractivity contribution in [3.63, 3.8) is 0 Å². The first-order chi connectivity index (χ1) is 7.50. The Hall–Kier alpha value is -1.61. The molecular weight excluding hydrogens is 226 g/mol. The first-order valence-corrected chi connectivity index (χ1v) is 5.18. The van der Waals surface area contributed by atoms with Crippen molar-refractivity contribution >= 4 is 33.5 Å². The number of hydrogen-bond acceptors (Lipinski definition) is 2. The minimum Gasteiger partial charge on any atom is -0.350 e. The fraction of sp³-hybridized carbons (Fsp3) is 0.167. The smallest absolute Gasteiger partial charge is 0.293 e. The molecule has 0 saturated heterocycles. The summed E-state index contributed by atoms with van der Waals surface area (Å²) in [6.07, 6.45) is 1.63. The van der Waals surface area contributed by atoms with Crippen LogP contribution in [0.25, 0.3) is 10.9 Å². The van der Waals surface area contributed by atoms with Crippen molar-refractivity contribution in [3.8, 4) is 0 Å². The predicted octanol–water partition coefficient (Wildman–Crippen LogP) is 2.43. The third-order valence-corrected chi connectivity index (χ3v) is 2.74. The molecule has 0 spiro atoms. The zero-order valence-electron chi connectivity index (χ0n) is 8.95. The molecule has 0 amide bonds. The van der Waals surface area contributed by atoms with Gasteiger partial charge in [-0.25, -0.2) is 0 Å². The van der Waals surface area contributed by atoms with Crippen molar-refractivity contribution in [1.29, 1.82) is 0 Å². The number of halogens is 1. The molecule has 0 radical (unpaired) electrons. The molecule has 0 atom stereocenters. The number of fused-ring (bicyclic) bond motifs is 1. The van der Waals surface area contributed by atoms with E-state index in [1.54, 1.807) is 6.20 Å². The van der Waals surface area contributed by atoms with Crippen LogP contribution in [0.2, 0.25) is 0 Å². The van der Waals surface area contributed by atoms with Crippen molar-refractivity contribution in [1.82, 2.24) is 4.57 Å².